The van der Waals surface area contributed by atoms with E-state index in [1.807, 2.05) is 38.1 Å². The highest BCUT2D eigenvalue weighted by Crippen LogP contribution is 2.30. The Labute approximate surface area is 158 Å². The third kappa shape index (κ3) is 3.73. The van der Waals surface area contributed by atoms with E-state index in [1.54, 1.807) is 6.33 Å². The minimum Gasteiger partial charge on any atom is -0.491 e. The van der Waals surface area contributed by atoms with Gasteiger partial charge >= 0.3 is 0 Å². The number of rotatable bonds is 5. The van der Waals surface area contributed by atoms with E-state index in [1.165, 1.54) is 0 Å². The molecule has 1 aliphatic rings. The van der Waals surface area contributed by atoms with E-state index in [-0.39, 0.29) is 12.7 Å². The van der Waals surface area contributed by atoms with Gasteiger partial charge in [0.05, 0.1) is 17.3 Å². The van der Waals surface area contributed by atoms with E-state index in [9.17, 15) is 5.11 Å². The molecule has 0 atom stereocenters. The zero-order chi connectivity index (χ0) is 18.8. The van der Waals surface area contributed by atoms with Gasteiger partial charge in [-0.25, -0.2) is 9.97 Å². The van der Waals surface area contributed by atoms with E-state index in [0.29, 0.717) is 5.92 Å². The quantitative estimate of drug-likeness (QED) is 0.721. The van der Waals surface area contributed by atoms with Crippen LogP contribution in [0.25, 0.3) is 22.3 Å². The summed E-state index contributed by atoms with van der Waals surface area (Å²) in [6.45, 7) is 6.09. The maximum absolute atomic E-state index is 9.33. The molecule has 1 fully saturated rings. The summed E-state index contributed by atoms with van der Waals surface area (Å²) in [5.41, 5.74) is 2.54. The molecule has 4 rings (SSSR count). The Balaban J connectivity index is 1.64. The lowest BCUT2D eigenvalue weighted by molar-refractivity contribution is 0.203. The number of hydrogen-bond donors (Lipinski definition) is 2. The van der Waals surface area contributed by atoms with E-state index in [2.05, 4.69) is 25.1 Å². The Morgan fingerprint density at radius 1 is 1.22 bits per heavy atom. The van der Waals surface area contributed by atoms with Gasteiger partial charge in [-0.1, -0.05) is 0 Å². The van der Waals surface area contributed by atoms with Crippen molar-refractivity contribution in [1.29, 1.82) is 0 Å². The van der Waals surface area contributed by atoms with Gasteiger partial charge < -0.3 is 14.7 Å². The van der Waals surface area contributed by atoms with Crippen LogP contribution in [0.5, 0.6) is 5.75 Å². The summed E-state index contributed by atoms with van der Waals surface area (Å²) >= 11 is 0. The number of aliphatic hydroxyl groups is 1. The second-order valence-electron chi connectivity index (χ2n) is 7.32. The summed E-state index contributed by atoms with van der Waals surface area (Å²) in [7, 11) is 0. The molecule has 7 heteroatoms. The fraction of sp³-hybridized carbons (Fsp3) is 0.450. The fourth-order valence-electron chi connectivity index (χ4n) is 3.53. The standard InChI is InChI=1S/C20H25N5O2/c1-13(2)27-15-3-4-17-16(9-15)20(24-23-17)18-10-19(22-12-21-18)25-7-5-14(11-26)6-8-25/h3-4,9-10,12-14,26H,5-8,11H2,1-2H3,(H,23,24). The highest BCUT2D eigenvalue weighted by molar-refractivity contribution is 5.93. The van der Waals surface area contributed by atoms with E-state index < -0.39 is 0 Å². The van der Waals surface area contributed by atoms with Crippen LogP contribution in [0.3, 0.4) is 0 Å². The van der Waals surface area contributed by atoms with Crippen LogP contribution in [0, 0.1) is 5.92 Å². The van der Waals surface area contributed by atoms with Gasteiger partial charge in [0.15, 0.2) is 0 Å². The first-order chi connectivity index (χ1) is 13.1. The Morgan fingerprint density at radius 3 is 2.78 bits per heavy atom. The van der Waals surface area contributed by atoms with E-state index in [0.717, 1.165) is 59.8 Å². The average Bonchev–Trinajstić information content (AvgIpc) is 3.11. The predicted octanol–water partition coefficient (Wildman–Crippen LogP) is 3.02. The molecule has 0 amide bonds. The Kier molecular flexibility index (Phi) is 4.94. The van der Waals surface area contributed by atoms with Crippen molar-refractivity contribution in [2.24, 2.45) is 5.92 Å². The first kappa shape index (κ1) is 17.7. The Bertz CT molecular complexity index is 916. The number of aromatic amines is 1. The molecule has 1 aliphatic heterocycles. The number of fused-ring (bicyclic) bond motifs is 1. The van der Waals surface area contributed by atoms with Gasteiger partial charge in [-0.15, -0.1) is 0 Å². The normalized spacial score (nSPS) is 15.6. The van der Waals surface area contributed by atoms with Crippen molar-refractivity contribution in [2.45, 2.75) is 32.8 Å². The third-order valence-corrected chi connectivity index (χ3v) is 5.00. The lowest BCUT2D eigenvalue weighted by Gasteiger charge is -2.31. The molecule has 2 aromatic heterocycles. The summed E-state index contributed by atoms with van der Waals surface area (Å²) in [4.78, 5) is 11.1. The average molecular weight is 367 g/mol. The number of anilines is 1. The predicted molar refractivity (Wildman–Crippen MR) is 105 cm³/mol. The van der Waals surface area contributed by atoms with Crippen molar-refractivity contribution in [2.75, 3.05) is 24.6 Å². The highest BCUT2D eigenvalue weighted by atomic mass is 16.5. The number of nitrogens with one attached hydrogen (secondary N) is 1. The van der Waals surface area contributed by atoms with Gasteiger partial charge in [0.25, 0.3) is 0 Å². The largest absolute Gasteiger partial charge is 0.491 e. The molecule has 0 spiro atoms. The fourth-order valence-corrected chi connectivity index (χ4v) is 3.53. The van der Waals surface area contributed by atoms with Crippen molar-refractivity contribution in [3.63, 3.8) is 0 Å². The molecule has 0 radical (unpaired) electrons. The van der Waals surface area contributed by atoms with Crippen LogP contribution in [-0.2, 0) is 0 Å². The van der Waals surface area contributed by atoms with E-state index >= 15 is 0 Å². The molecule has 2 N–H and O–H groups in total. The molecule has 7 nitrogen and oxygen atoms in total. The van der Waals surface area contributed by atoms with Crippen LogP contribution >= 0.6 is 0 Å². The van der Waals surface area contributed by atoms with Gasteiger partial charge in [0, 0.05) is 31.1 Å². The summed E-state index contributed by atoms with van der Waals surface area (Å²) < 4.78 is 5.82. The SMILES string of the molecule is CC(C)Oc1ccc2[nH]nc(-c3cc(N4CCC(CO)CC4)ncn3)c2c1. The molecule has 3 heterocycles. The van der Waals surface area contributed by atoms with Crippen molar-refractivity contribution in [3.8, 4) is 17.1 Å². The lowest BCUT2D eigenvalue weighted by Crippen LogP contribution is -2.35. The number of aliphatic hydroxyl groups excluding tert-OH is 1. The van der Waals surface area contributed by atoms with Crippen LogP contribution in [0.2, 0.25) is 0 Å². The molecule has 27 heavy (non-hydrogen) atoms. The number of aromatic nitrogens is 4. The summed E-state index contributed by atoms with van der Waals surface area (Å²) in [6, 6.07) is 7.92. The summed E-state index contributed by atoms with van der Waals surface area (Å²) in [6.07, 6.45) is 3.68. The topological polar surface area (TPSA) is 87.2 Å². The molecule has 3 aromatic rings. The smallest absolute Gasteiger partial charge is 0.132 e. The molecule has 142 valence electrons. The second-order valence-corrected chi connectivity index (χ2v) is 7.32. The van der Waals surface area contributed by atoms with Gasteiger partial charge in [0.2, 0.25) is 0 Å². The van der Waals surface area contributed by atoms with Gasteiger partial charge in [-0.3, -0.25) is 5.10 Å². The van der Waals surface area contributed by atoms with Gasteiger partial charge in [-0.2, -0.15) is 5.10 Å². The summed E-state index contributed by atoms with van der Waals surface area (Å²) in [5, 5.41) is 17.9. The maximum Gasteiger partial charge on any atom is 0.132 e. The first-order valence-electron chi connectivity index (χ1n) is 9.47. The monoisotopic (exact) mass is 367 g/mol. The van der Waals surface area contributed by atoms with Crippen molar-refractivity contribution in [1.82, 2.24) is 20.2 Å². The zero-order valence-electron chi connectivity index (χ0n) is 15.7. The Morgan fingerprint density at radius 2 is 2.04 bits per heavy atom. The van der Waals surface area contributed by atoms with E-state index in [4.69, 9.17) is 4.74 Å². The zero-order valence-corrected chi connectivity index (χ0v) is 15.7. The Hall–Kier alpha value is -2.67. The van der Waals surface area contributed by atoms with Crippen molar-refractivity contribution >= 4 is 16.7 Å². The third-order valence-electron chi connectivity index (χ3n) is 5.00. The number of ether oxygens (including phenoxy) is 1. The van der Waals surface area contributed by atoms with Crippen molar-refractivity contribution in [3.05, 3.63) is 30.6 Å². The van der Waals surface area contributed by atoms with Crippen LogP contribution in [0.1, 0.15) is 26.7 Å². The maximum atomic E-state index is 9.33. The number of nitrogens with zero attached hydrogens (tertiary/aromatic N) is 4. The molecule has 0 saturated carbocycles. The molecule has 0 unspecified atom stereocenters. The minimum atomic E-state index is 0.116. The van der Waals surface area contributed by atoms with Crippen LogP contribution in [0.15, 0.2) is 30.6 Å². The number of piperidine rings is 1. The van der Waals surface area contributed by atoms with Crippen LogP contribution < -0.4 is 9.64 Å². The molecule has 0 bridgehead atoms. The first-order valence-corrected chi connectivity index (χ1v) is 9.47. The number of benzene rings is 1. The lowest BCUT2D eigenvalue weighted by atomic mass is 9.98. The minimum absolute atomic E-state index is 0.116. The van der Waals surface area contributed by atoms with Gasteiger partial charge in [-0.05, 0) is 50.8 Å². The summed E-state index contributed by atoms with van der Waals surface area (Å²) in [5.74, 6) is 2.12. The number of H-pyrrole nitrogens is 1. The molecular formula is C20H25N5O2. The number of hydrogen-bond acceptors (Lipinski definition) is 6. The van der Waals surface area contributed by atoms with Crippen molar-refractivity contribution < 1.29 is 9.84 Å². The second kappa shape index (κ2) is 7.52. The molecule has 1 saturated heterocycles. The highest BCUT2D eigenvalue weighted by Gasteiger charge is 2.20. The van der Waals surface area contributed by atoms with Crippen LogP contribution in [-0.4, -0.2) is 51.1 Å². The van der Waals surface area contributed by atoms with Gasteiger partial charge in [0.1, 0.15) is 23.6 Å². The van der Waals surface area contributed by atoms with Crippen LogP contribution in [0.4, 0.5) is 5.82 Å². The molecular weight excluding hydrogens is 342 g/mol. The molecule has 1 aromatic carbocycles. The molecule has 0 aliphatic carbocycles.